The minimum absolute atomic E-state index is 0.169. The number of nitrogens with one attached hydrogen (secondary N) is 1. The number of para-hydroxylation sites is 1. The Morgan fingerprint density at radius 1 is 1.10 bits per heavy atom. The zero-order valence-electron chi connectivity index (χ0n) is 13.3. The van der Waals surface area contributed by atoms with Crippen LogP contribution in [-0.2, 0) is 4.74 Å². The Hall–Kier alpha value is -1.06. The normalized spacial score (nSPS) is 14.0. The molecule has 1 rings (SSSR count). The molecule has 0 fully saturated rings. The summed E-state index contributed by atoms with van der Waals surface area (Å²) in [5.41, 5.74) is 1.19. The first-order valence-corrected chi connectivity index (χ1v) is 7.78. The molecule has 0 aliphatic rings. The van der Waals surface area contributed by atoms with E-state index < -0.39 is 0 Å². The molecule has 1 aromatic carbocycles. The van der Waals surface area contributed by atoms with Crippen molar-refractivity contribution in [3.8, 4) is 5.75 Å². The van der Waals surface area contributed by atoms with E-state index in [1.54, 1.807) is 0 Å². The highest BCUT2D eigenvalue weighted by Crippen LogP contribution is 2.30. The maximum atomic E-state index is 5.93. The number of hydrogen-bond acceptors (Lipinski definition) is 3. The molecule has 0 aromatic heterocycles. The molecule has 0 aliphatic heterocycles. The standard InChI is InChI=1S/C17H29NO2/c1-5-10-16(19-7-3)17(18-4)14-11-8-9-12-15(14)20-13-6-2/h8-9,11-12,16-18H,5-7,10,13H2,1-4H3. The van der Waals surface area contributed by atoms with E-state index in [9.17, 15) is 0 Å². The first-order valence-electron chi connectivity index (χ1n) is 7.78. The SMILES string of the molecule is CCCOc1ccccc1C(NC)C(CCC)OCC. The van der Waals surface area contributed by atoms with E-state index in [-0.39, 0.29) is 12.1 Å². The average molecular weight is 279 g/mol. The number of rotatable bonds is 10. The van der Waals surface area contributed by atoms with Crippen molar-refractivity contribution in [1.82, 2.24) is 5.32 Å². The predicted octanol–water partition coefficient (Wildman–Crippen LogP) is 3.94. The molecule has 3 heteroatoms. The van der Waals surface area contributed by atoms with Gasteiger partial charge in [0, 0.05) is 12.2 Å². The van der Waals surface area contributed by atoms with Gasteiger partial charge in [0.15, 0.2) is 0 Å². The second kappa shape index (κ2) is 9.78. The first-order chi connectivity index (χ1) is 9.78. The molecule has 1 aromatic rings. The van der Waals surface area contributed by atoms with Crippen LogP contribution in [0, 0.1) is 0 Å². The number of likely N-dealkylation sites (N-methyl/N-ethyl adjacent to an activating group) is 1. The molecule has 0 saturated heterocycles. The lowest BCUT2D eigenvalue weighted by Gasteiger charge is -2.28. The summed E-state index contributed by atoms with van der Waals surface area (Å²) in [7, 11) is 1.99. The van der Waals surface area contributed by atoms with Gasteiger partial charge in [0.05, 0.1) is 18.8 Å². The van der Waals surface area contributed by atoms with Crippen LogP contribution < -0.4 is 10.1 Å². The van der Waals surface area contributed by atoms with Crippen molar-refractivity contribution in [2.75, 3.05) is 20.3 Å². The fourth-order valence-electron chi connectivity index (χ4n) is 2.47. The molecule has 0 radical (unpaired) electrons. The Bertz CT molecular complexity index is 362. The van der Waals surface area contributed by atoms with E-state index in [0.717, 1.165) is 38.2 Å². The summed E-state index contributed by atoms with van der Waals surface area (Å²) in [6.07, 6.45) is 3.35. The molecule has 3 nitrogen and oxygen atoms in total. The van der Waals surface area contributed by atoms with E-state index in [0.29, 0.717) is 0 Å². The molecule has 0 saturated carbocycles. The molecular formula is C17H29NO2. The molecule has 0 heterocycles. The largest absolute Gasteiger partial charge is 0.493 e. The zero-order valence-corrected chi connectivity index (χ0v) is 13.3. The van der Waals surface area contributed by atoms with Crippen LogP contribution in [0.3, 0.4) is 0 Å². The van der Waals surface area contributed by atoms with E-state index in [4.69, 9.17) is 9.47 Å². The first kappa shape index (κ1) is 17.0. The summed E-state index contributed by atoms with van der Waals surface area (Å²) in [5, 5.41) is 3.40. The lowest BCUT2D eigenvalue weighted by atomic mass is 9.97. The van der Waals surface area contributed by atoms with Crippen molar-refractivity contribution in [2.24, 2.45) is 0 Å². The van der Waals surface area contributed by atoms with Crippen LogP contribution in [0.25, 0.3) is 0 Å². The maximum Gasteiger partial charge on any atom is 0.124 e. The molecular weight excluding hydrogens is 250 g/mol. The van der Waals surface area contributed by atoms with Crippen molar-refractivity contribution < 1.29 is 9.47 Å². The number of ether oxygens (including phenoxy) is 2. The van der Waals surface area contributed by atoms with Gasteiger partial charge < -0.3 is 14.8 Å². The van der Waals surface area contributed by atoms with Crippen molar-refractivity contribution in [3.63, 3.8) is 0 Å². The van der Waals surface area contributed by atoms with Crippen LogP contribution in [0.5, 0.6) is 5.75 Å². The Morgan fingerprint density at radius 2 is 1.85 bits per heavy atom. The molecule has 0 bridgehead atoms. The van der Waals surface area contributed by atoms with Gasteiger partial charge in [-0.25, -0.2) is 0 Å². The maximum absolute atomic E-state index is 5.93. The van der Waals surface area contributed by atoms with Gasteiger partial charge in [0.1, 0.15) is 5.75 Å². The van der Waals surface area contributed by atoms with E-state index in [1.165, 1.54) is 5.56 Å². The zero-order chi connectivity index (χ0) is 14.8. The summed E-state index contributed by atoms with van der Waals surface area (Å²) in [6, 6.07) is 8.44. The summed E-state index contributed by atoms with van der Waals surface area (Å²) < 4.78 is 11.8. The summed E-state index contributed by atoms with van der Waals surface area (Å²) in [5.74, 6) is 0.967. The van der Waals surface area contributed by atoms with Crippen molar-refractivity contribution >= 4 is 0 Å². The van der Waals surface area contributed by atoms with Crippen LogP contribution in [0.15, 0.2) is 24.3 Å². The summed E-state index contributed by atoms with van der Waals surface area (Å²) in [6.45, 7) is 7.85. The van der Waals surface area contributed by atoms with Crippen LogP contribution in [0.2, 0.25) is 0 Å². The third-order valence-electron chi connectivity index (χ3n) is 3.35. The molecule has 0 aliphatic carbocycles. The lowest BCUT2D eigenvalue weighted by molar-refractivity contribution is 0.0288. The molecule has 2 unspecified atom stereocenters. The van der Waals surface area contributed by atoms with Gasteiger partial charge in [-0.1, -0.05) is 38.5 Å². The van der Waals surface area contributed by atoms with Gasteiger partial charge in [-0.05, 0) is 32.9 Å². The Kier molecular flexibility index (Phi) is 8.31. The van der Waals surface area contributed by atoms with Gasteiger partial charge in [0.2, 0.25) is 0 Å². The topological polar surface area (TPSA) is 30.5 Å². The highest BCUT2D eigenvalue weighted by Gasteiger charge is 2.24. The van der Waals surface area contributed by atoms with Crippen LogP contribution in [0.1, 0.15) is 51.6 Å². The second-order valence-corrected chi connectivity index (χ2v) is 4.94. The third kappa shape index (κ3) is 4.80. The van der Waals surface area contributed by atoms with E-state index >= 15 is 0 Å². The predicted molar refractivity (Wildman–Crippen MR) is 84.4 cm³/mol. The van der Waals surface area contributed by atoms with Crippen molar-refractivity contribution in [2.45, 2.75) is 52.2 Å². The Morgan fingerprint density at radius 3 is 2.45 bits per heavy atom. The molecule has 114 valence electrons. The van der Waals surface area contributed by atoms with Gasteiger partial charge in [-0.15, -0.1) is 0 Å². The smallest absolute Gasteiger partial charge is 0.124 e. The molecule has 20 heavy (non-hydrogen) atoms. The molecule has 1 N–H and O–H groups in total. The van der Waals surface area contributed by atoms with Crippen LogP contribution in [-0.4, -0.2) is 26.4 Å². The van der Waals surface area contributed by atoms with Crippen molar-refractivity contribution in [1.29, 1.82) is 0 Å². The highest BCUT2D eigenvalue weighted by atomic mass is 16.5. The van der Waals surface area contributed by atoms with Gasteiger partial charge >= 0.3 is 0 Å². The Labute approximate surface area is 123 Å². The number of hydrogen-bond donors (Lipinski definition) is 1. The second-order valence-electron chi connectivity index (χ2n) is 4.94. The third-order valence-corrected chi connectivity index (χ3v) is 3.35. The minimum atomic E-state index is 0.169. The summed E-state index contributed by atoms with van der Waals surface area (Å²) in [4.78, 5) is 0. The quantitative estimate of drug-likeness (QED) is 0.703. The molecule has 0 spiro atoms. The van der Waals surface area contributed by atoms with Crippen LogP contribution >= 0.6 is 0 Å². The Balaban J connectivity index is 2.96. The van der Waals surface area contributed by atoms with E-state index in [1.807, 2.05) is 19.2 Å². The fourth-order valence-corrected chi connectivity index (χ4v) is 2.47. The number of benzene rings is 1. The van der Waals surface area contributed by atoms with Gasteiger partial charge in [-0.2, -0.15) is 0 Å². The molecule has 2 atom stereocenters. The fraction of sp³-hybridized carbons (Fsp3) is 0.647. The van der Waals surface area contributed by atoms with Crippen molar-refractivity contribution in [3.05, 3.63) is 29.8 Å². The van der Waals surface area contributed by atoms with Crippen LogP contribution in [0.4, 0.5) is 0 Å². The van der Waals surface area contributed by atoms with E-state index in [2.05, 4.69) is 38.2 Å². The minimum Gasteiger partial charge on any atom is -0.493 e. The molecule has 0 amide bonds. The van der Waals surface area contributed by atoms with Gasteiger partial charge in [0.25, 0.3) is 0 Å². The van der Waals surface area contributed by atoms with Gasteiger partial charge in [-0.3, -0.25) is 0 Å². The average Bonchev–Trinajstić information content (AvgIpc) is 2.47. The summed E-state index contributed by atoms with van der Waals surface area (Å²) >= 11 is 0. The highest BCUT2D eigenvalue weighted by molar-refractivity contribution is 5.36. The lowest BCUT2D eigenvalue weighted by Crippen LogP contribution is -2.32. The monoisotopic (exact) mass is 279 g/mol.